The zero-order valence-corrected chi connectivity index (χ0v) is 16.4. The molecule has 8 heteroatoms. The number of sulfonamides is 1. The molecular weight excluding hydrogens is 388 g/mol. The van der Waals surface area contributed by atoms with Crippen LogP contribution in [0.25, 0.3) is 0 Å². The highest BCUT2D eigenvalue weighted by molar-refractivity contribution is 7.89. The molecule has 0 aromatic heterocycles. The summed E-state index contributed by atoms with van der Waals surface area (Å²) in [5.74, 6) is -0.182. The van der Waals surface area contributed by atoms with Gasteiger partial charge in [-0.1, -0.05) is 41.9 Å². The molecule has 1 aliphatic rings. The van der Waals surface area contributed by atoms with Crippen molar-refractivity contribution >= 4 is 27.5 Å². The molecule has 3 rings (SSSR count). The lowest BCUT2D eigenvalue weighted by Gasteiger charge is -2.19. The van der Waals surface area contributed by atoms with E-state index < -0.39 is 16.1 Å². The third-order valence-corrected chi connectivity index (χ3v) is 5.96. The molecule has 6 nitrogen and oxygen atoms in total. The van der Waals surface area contributed by atoms with Crippen molar-refractivity contribution in [3.63, 3.8) is 0 Å². The summed E-state index contributed by atoms with van der Waals surface area (Å²) in [6.07, 6.45) is 2.07. The summed E-state index contributed by atoms with van der Waals surface area (Å²) >= 11 is 5.96. The number of hydrogen-bond donors (Lipinski definition) is 2. The predicted molar refractivity (Wildman–Crippen MR) is 103 cm³/mol. The van der Waals surface area contributed by atoms with Gasteiger partial charge in [0.25, 0.3) is 0 Å². The lowest BCUT2D eigenvalue weighted by Crippen LogP contribution is -2.48. The van der Waals surface area contributed by atoms with E-state index in [4.69, 9.17) is 16.3 Å². The van der Waals surface area contributed by atoms with Gasteiger partial charge in [0.1, 0.15) is 16.7 Å². The van der Waals surface area contributed by atoms with Crippen molar-refractivity contribution in [2.75, 3.05) is 7.11 Å². The standard InChI is InChI=1S/C19H21ClN2O4S/c1-26-17-10-7-14(20)12-18(17)27(24,25)22-16(19(23)21-15-8-9-15)11-13-5-3-2-4-6-13/h2-7,10,12,15-16,22H,8-9,11H2,1H3,(H,21,23). The molecular formula is C19H21ClN2O4S. The predicted octanol–water partition coefficient (Wildman–Crippen LogP) is 2.52. The number of methoxy groups -OCH3 is 1. The van der Waals surface area contributed by atoms with Gasteiger partial charge in [0.05, 0.1) is 7.11 Å². The fourth-order valence-electron chi connectivity index (χ4n) is 2.68. The average molecular weight is 409 g/mol. The third kappa shape index (κ3) is 5.22. The van der Waals surface area contributed by atoms with E-state index in [0.717, 1.165) is 18.4 Å². The molecule has 1 aliphatic carbocycles. The second-order valence-corrected chi connectivity index (χ2v) is 8.56. The van der Waals surface area contributed by atoms with Crippen LogP contribution in [0.3, 0.4) is 0 Å². The van der Waals surface area contributed by atoms with Crippen LogP contribution in [0.2, 0.25) is 5.02 Å². The lowest BCUT2D eigenvalue weighted by atomic mass is 10.1. The van der Waals surface area contributed by atoms with Gasteiger partial charge in [0.2, 0.25) is 15.9 Å². The summed E-state index contributed by atoms with van der Waals surface area (Å²) in [5, 5.41) is 3.13. The monoisotopic (exact) mass is 408 g/mol. The second kappa shape index (κ2) is 8.29. The Morgan fingerprint density at radius 3 is 2.56 bits per heavy atom. The van der Waals surface area contributed by atoms with E-state index in [-0.39, 0.29) is 34.0 Å². The van der Waals surface area contributed by atoms with Crippen molar-refractivity contribution < 1.29 is 17.9 Å². The Hall–Kier alpha value is -2.09. The van der Waals surface area contributed by atoms with Crippen LogP contribution in [-0.4, -0.2) is 33.5 Å². The van der Waals surface area contributed by atoms with Crippen molar-refractivity contribution in [1.82, 2.24) is 10.0 Å². The van der Waals surface area contributed by atoms with Gasteiger partial charge in [0, 0.05) is 11.1 Å². The van der Waals surface area contributed by atoms with E-state index in [9.17, 15) is 13.2 Å². The summed E-state index contributed by atoms with van der Waals surface area (Å²) < 4.78 is 33.5. The highest BCUT2D eigenvalue weighted by Crippen LogP contribution is 2.27. The van der Waals surface area contributed by atoms with E-state index in [2.05, 4.69) is 10.0 Å². The van der Waals surface area contributed by atoms with Crippen LogP contribution in [0, 0.1) is 0 Å². The molecule has 1 fully saturated rings. The zero-order chi connectivity index (χ0) is 19.4. The zero-order valence-electron chi connectivity index (χ0n) is 14.8. The van der Waals surface area contributed by atoms with E-state index in [1.165, 1.54) is 19.2 Å². The van der Waals surface area contributed by atoms with E-state index >= 15 is 0 Å². The molecule has 2 aromatic rings. The maximum atomic E-state index is 12.9. The Balaban J connectivity index is 1.87. The van der Waals surface area contributed by atoms with Gasteiger partial charge in [-0.25, -0.2) is 8.42 Å². The Morgan fingerprint density at radius 1 is 1.22 bits per heavy atom. The molecule has 1 unspecified atom stereocenters. The molecule has 0 spiro atoms. The summed E-state index contributed by atoms with van der Waals surface area (Å²) in [6, 6.07) is 12.8. The Kier molecular flexibility index (Phi) is 6.04. The summed E-state index contributed by atoms with van der Waals surface area (Å²) in [5.41, 5.74) is 0.856. The maximum Gasteiger partial charge on any atom is 0.245 e. The minimum absolute atomic E-state index is 0.102. The SMILES string of the molecule is COc1ccc(Cl)cc1S(=O)(=O)NC(Cc1ccccc1)C(=O)NC1CC1. The highest BCUT2D eigenvalue weighted by Gasteiger charge is 2.31. The minimum Gasteiger partial charge on any atom is -0.495 e. The molecule has 0 saturated heterocycles. The molecule has 144 valence electrons. The number of hydrogen-bond acceptors (Lipinski definition) is 4. The fourth-order valence-corrected chi connectivity index (χ4v) is 4.31. The quantitative estimate of drug-likeness (QED) is 0.702. The summed E-state index contributed by atoms with van der Waals surface area (Å²) in [4.78, 5) is 12.5. The van der Waals surface area contributed by atoms with Crippen LogP contribution < -0.4 is 14.8 Å². The van der Waals surface area contributed by atoms with Crippen molar-refractivity contribution in [2.45, 2.75) is 36.2 Å². The van der Waals surface area contributed by atoms with Crippen LogP contribution in [0.5, 0.6) is 5.75 Å². The van der Waals surface area contributed by atoms with Gasteiger partial charge >= 0.3 is 0 Å². The Labute approximate surface area is 163 Å². The largest absolute Gasteiger partial charge is 0.495 e. The van der Waals surface area contributed by atoms with E-state index in [1.807, 2.05) is 30.3 Å². The molecule has 1 amide bonds. The molecule has 0 aliphatic heterocycles. The van der Waals surface area contributed by atoms with Gasteiger partial charge < -0.3 is 10.1 Å². The molecule has 2 aromatic carbocycles. The Bertz CT molecular complexity index is 915. The molecule has 1 saturated carbocycles. The molecule has 2 N–H and O–H groups in total. The molecule has 0 heterocycles. The minimum atomic E-state index is -4.03. The van der Waals surface area contributed by atoms with Gasteiger partial charge in [-0.3, -0.25) is 4.79 Å². The van der Waals surface area contributed by atoms with Crippen LogP contribution in [-0.2, 0) is 21.2 Å². The fraction of sp³-hybridized carbons (Fsp3) is 0.316. The summed E-state index contributed by atoms with van der Waals surface area (Å²) in [6.45, 7) is 0. The third-order valence-electron chi connectivity index (χ3n) is 4.24. The maximum absolute atomic E-state index is 12.9. The van der Waals surface area contributed by atoms with Gasteiger partial charge in [-0.15, -0.1) is 0 Å². The first-order valence-electron chi connectivity index (χ1n) is 8.59. The smallest absolute Gasteiger partial charge is 0.245 e. The normalized spacial score (nSPS) is 15.2. The number of halogens is 1. The molecule has 27 heavy (non-hydrogen) atoms. The first-order valence-corrected chi connectivity index (χ1v) is 10.5. The number of nitrogens with one attached hydrogen (secondary N) is 2. The number of benzene rings is 2. The molecule has 0 bridgehead atoms. The van der Waals surface area contributed by atoms with Gasteiger partial charge in [0.15, 0.2) is 0 Å². The Morgan fingerprint density at radius 2 is 1.93 bits per heavy atom. The van der Waals surface area contributed by atoms with Crippen LogP contribution >= 0.6 is 11.6 Å². The number of carbonyl (C=O) groups is 1. The van der Waals surface area contributed by atoms with Crippen LogP contribution in [0.15, 0.2) is 53.4 Å². The number of rotatable bonds is 8. The number of carbonyl (C=O) groups excluding carboxylic acids is 1. The van der Waals surface area contributed by atoms with E-state index in [0.29, 0.717) is 0 Å². The first-order chi connectivity index (χ1) is 12.9. The van der Waals surface area contributed by atoms with Gasteiger partial charge in [-0.2, -0.15) is 4.72 Å². The lowest BCUT2D eigenvalue weighted by molar-refractivity contribution is -0.122. The van der Waals surface area contributed by atoms with E-state index in [1.54, 1.807) is 6.07 Å². The van der Waals surface area contributed by atoms with Gasteiger partial charge in [-0.05, 0) is 43.0 Å². The van der Waals surface area contributed by atoms with Crippen molar-refractivity contribution in [3.8, 4) is 5.75 Å². The van der Waals surface area contributed by atoms with Crippen molar-refractivity contribution in [1.29, 1.82) is 0 Å². The van der Waals surface area contributed by atoms with Crippen molar-refractivity contribution in [2.24, 2.45) is 0 Å². The molecule has 1 atom stereocenters. The van der Waals surface area contributed by atoms with Crippen LogP contribution in [0.4, 0.5) is 0 Å². The first kappa shape index (κ1) is 19.7. The topological polar surface area (TPSA) is 84.5 Å². The summed E-state index contributed by atoms with van der Waals surface area (Å²) in [7, 11) is -2.65. The highest BCUT2D eigenvalue weighted by atomic mass is 35.5. The number of ether oxygens (including phenoxy) is 1. The average Bonchev–Trinajstić information content (AvgIpc) is 3.46. The number of amides is 1. The van der Waals surface area contributed by atoms with Crippen molar-refractivity contribution in [3.05, 3.63) is 59.1 Å². The molecule has 0 radical (unpaired) electrons. The second-order valence-electron chi connectivity index (χ2n) is 6.44. The van der Waals surface area contributed by atoms with Crippen LogP contribution in [0.1, 0.15) is 18.4 Å².